The molecule has 0 aromatic heterocycles. The quantitative estimate of drug-likeness (QED) is 0.644. The highest BCUT2D eigenvalue weighted by atomic mass is 32.2. The Morgan fingerprint density at radius 3 is 2.53 bits per heavy atom. The van der Waals surface area contributed by atoms with Crippen LogP contribution in [0.2, 0.25) is 0 Å². The van der Waals surface area contributed by atoms with Gasteiger partial charge in [-0.3, -0.25) is 0 Å². The van der Waals surface area contributed by atoms with Crippen molar-refractivity contribution in [2.45, 2.75) is 32.6 Å². The molecule has 15 heavy (non-hydrogen) atoms. The van der Waals surface area contributed by atoms with Gasteiger partial charge in [0.15, 0.2) is 0 Å². The van der Waals surface area contributed by atoms with Crippen LogP contribution < -0.4 is 5.32 Å². The zero-order valence-corrected chi connectivity index (χ0v) is 11.0. The van der Waals surface area contributed by atoms with Gasteiger partial charge in [0.1, 0.15) is 0 Å². The molecule has 90 valence electrons. The largest absolute Gasteiger partial charge is 0.317 e. The Morgan fingerprint density at radius 2 is 1.80 bits per heavy atom. The van der Waals surface area contributed by atoms with Crippen molar-refractivity contribution in [1.82, 2.24) is 10.2 Å². The molecule has 0 spiro atoms. The normalized spacial score (nSPS) is 18.2. The molecule has 1 fully saturated rings. The van der Waals surface area contributed by atoms with Gasteiger partial charge in [-0.1, -0.05) is 19.8 Å². The lowest BCUT2D eigenvalue weighted by Gasteiger charge is -2.25. The molecule has 0 bridgehead atoms. The smallest absolute Gasteiger partial charge is 0.00727 e. The Hall–Kier alpha value is 0.270. The van der Waals surface area contributed by atoms with Crippen LogP contribution in [0.15, 0.2) is 0 Å². The lowest BCUT2D eigenvalue weighted by Crippen LogP contribution is -2.33. The minimum Gasteiger partial charge on any atom is -0.317 e. The van der Waals surface area contributed by atoms with Gasteiger partial charge in [-0.2, -0.15) is 11.8 Å². The maximum Gasteiger partial charge on any atom is 0.00727 e. The van der Waals surface area contributed by atoms with Crippen LogP contribution in [0.3, 0.4) is 0 Å². The molecule has 0 aromatic carbocycles. The van der Waals surface area contributed by atoms with Gasteiger partial charge in [0.25, 0.3) is 0 Å². The molecule has 3 heteroatoms. The third-order valence-electron chi connectivity index (χ3n) is 2.93. The first-order valence-corrected chi connectivity index (χ1v) is 7.59. The van der Waals surface area contributed by atoms with Gasteiger partial charge in [0, 0.05) is 24.6 Å². The van der Waals surface area contributed by atoms with Crippen LogP contribution in [0.1, 0.15) is 32.6 Å². The summed E-state index contributed by atoms with van der Waals surface area (Å²) < 4.78 is 0. The molecule has 1 rings (SSSR count). The third kappa shape index (κ3) is 7.20. The summed E-state index contributed by atoms with van der Waals surface area (Å²) in [6, 6.07) is 0. The second-order valence-electron chi connectivity index (χ2n) is 4.22. The van der Waals surface area contributed by atoms with Crippen LogP contribution in [0, 0.1) is 0 Å². The molecule has 1 aliphatic heterocycles. The highest BCUT2D eigenvalue weighted by molar-refractivity contribution is 7.99. The third-order valence-corrected chi connectivity index (χ3v) is 3.87. The van der Waals surface area contributed by atoms with E-state index in [0.717, 1.165) is 6.54 Å². The first kappa shape index (κ1) is 13.3. The van der Waals surface area contributed by atoms with Crippen LogP contribution in [-0.2, 0) is 0 Å². The van der Waals surface area contributed by atoms with E-state index in [0.29, 0.717) is 0 Å². The maximum absolute atomic E-state index is 3.38. The molecule has 0 unspecified atom stereocenters. The van der Waals surface area contributed by atoms with Gasteiger partial charge in [0.2, 0.25) is 0 Å². The number of thioether (sulfide) groups is 1. The number of unbranched alkanes of at least 4 members (excludes halogenated alkanes) is 3. The van der Waals surface area contributed by atoms with Gasteiger partial charge in [-0.05, 0) is 32.5 Å². The summed E-state index contributed by atoms with van der Waals surface area (Å²) in [5.74, 6) is 2.70. The molecule has 1 aliphatic rings. The Balaban J connectivity index is 1.79. The molecular weight excluding hydrogens is 204 g/mol. The van der Waals surface area contributed by atoms with E-state index in [1.54, 1.807) is 0 Å². The molecule has 2 nitrogen and oxygen atoms in total. The molecule has 1 N–H and O–H groups in total. The Morgan fingerprint density at radius 1 is 1.07 bits per heavy atom. The fourth-order valence-corrected chi connectivity index (χ4v) is 2.92. The molecule has 0 amide bonds. The summed E-state index contributed by atoms with van der Waals surface area (Å²) in [6.45, 7) is 8.47. The van der Waals surface area contributed by atoms with Crippen LogP contribution in [0.4, 0.5) is 0 Å². The van der Waals surface area contributed by atoms with Crippen molar-refractivity contribution in [2.75, 3.05) is 44.2 Å². The summed E-state index contributed by atoms with van der Waals surface area (Å²) in [4.78, 5) is 2.63. The molecular formula is C12H26N2S. The van der Waals surface area contributed by atoms with Gasteiger partial charge in [-0.15, -0.1) is 0 Å². The number of hydrogen-bond acceptors (Lipinski definition) is 3. The van der Waals surface area contributed by atoms with Crippen LogP contribution in [0.5, 0.6) is 0 Å². The summed E-state index contributed by atoms with van der Waals surface area (Å²) in [7, 11) is 0. The predicted molar refractivity (Wildman–Crippen MR) is 70.8 cm³/mol. The van der Waals surface area contributed by atoms with E-state index < -0.39 is 0 Å². The molecule has 0 saturated carbocycles. The van der Waals surface area contributed by atoms with E-state index in [-0.39, 0.29) is 0 Å². The first-order chi connectivity index (χ1) is 7.43. The highest BCUT2D eigenvalue weighted by Gasteiger charge is 2.08. The zero-order valence-electron chi connectivity index (χ0n) is 10.1. The molecule has 0 radical (unpaired) electrons. The second-order valence-corrected chi connectivity index (χ2v) is 5.45. The van der Waals surface area contributed by atoms with Crippen LogP contribution in [-0.4, -0.2) is 49.1 Å². The lowest BCUT2D eigenvalue weighted by molar-refractivity contribution is 0.294. The topological polar surface area (TPSA) is 15.3 Å². The van der Waals surface area contributed by atoms with Gasteiger partial charge >= 0.3 is 0 Å². The van der Waals surface area contributed by atoms with Crippen molar-refractivity contribution in [1.29, 1.82) is 0 Å². The van der Waals surface area contributed by atoms with Crippen molar-refractivity contribution < 1.29 is 0 Å². The van der Waals surface area contributed by atoms with E-state index in [2.05, 4.69) is 28.9 Å². The number of nitrogens with zero attached hydrogens (tertiary/aromatic N) is 1. The van der Waals surface area contributed by atoms with Crippen LogP contribution in [0.25, 0.3) is 0 Å². The van der Waals surface area contributed by atoms with E-state index in [1.807, 2.05) is 0 Å². The van der Waals surface area contributed by atoms with Crippen LogP contribution >= 0.6 is 11.8 Å². The number of rotatable bonds is 8. The standard InChI is InChI=1S/C12H26N2S/c1-2-13-7-5-3-4-6-8-14-9-11-15-12-10-14/h13H,2-12H2,1H3. The van der Waals surface area contributed by atoms with E-state index in [9.17, 15) is 0 Å². The maximum atomic E-state index is 3.38. The van der Waals surface area contributed by atoms with E-state index >= 15 is 0 Å². The summed E-state index contributed by atoms with van der Waals surface area (Å²) in [6.07, 6.45) is 5.56. The number of hydrogen-bond donors (Lipinski definition) is 1. The SMILES string of the molecule is CCNCCCCCCN1CCSCC1. The fraction of sp³-hybridized carbons (Fsp3) is 1.00. The van der Waals surface area contributed by atoms with Gasteiger partial charge in [0.05, 0.1) is 0 Å². The first-order valence-electron chi connectivity index (χ1n) is 6.44. The Kier molecular flexibility index (Phi) is 8.44. The molecule has 0 atom stereocenters. The average Bonchev–Trinajstić information content (AvgIpc) is 2.29. The Bertz CT molecular complexity index is 136. The molecule has 0 aliphatic carbocycles. The fourth-order valence-electron chi connectivity index (χ4n) is 1.94. The molecule has 1 saturated heterocycles. The van der Waals surface area contributed by atoms with Crippen molar-refractivity contribution in [3.05, 3.63) is 0 Å². The summed E-state index contributed by atoms with van der Waals surface area (Å²) in [5.41, 5.74) is 0. The van der Waals surface area contributed by atoms with Gasteiger partial charge < -0.3 is 10.2 Å². The summed E-state index contributed by atoms with van der Waals surface area (Å²) in [5, 5.41) is 3.38. The number of nitrogens with one attached hydrogen (secondary N) is 1. The summed E-state index contributed by atoms with van der Waals surface area (Å²) >= 11 is 2.10. The van der Waals surface area contributed by atoms with Crippen molar-refractivity contribution >= 4 is 11.8 Å². The van der Waals surface area contributed by atoms with Crippen molar-refractivity contribution in [3.8, 4) is 0 Å². The average molecular weight is 230 g/mol. The lowest BCUT2D eigenvalue weighted by atomic mass is 10.2. The molecule has 0 aromatic rings. The van der Waals surface area contributed by atoms with E-state index in [1.165, 1.54) is 63.4 Å². The molecule has 1 heterocycles. The predicted octanol–water partition coefficient (Wildman–Crippen LogP) is 2.21. The monoisotopic (exact) mass is 230 g/mol. The van der Waals surface area contributed by atoms with Crippen molar-refractivity contribution in [3.63, 3.8) is 0 Å². The Labute approximate surface area is 99.2 Å². The van der Waals surface area contributed by atoms with Gasteiger partial charge in [-0.25, -0.2) is 0 Å². The minimum absolute atomic E-state index is 1.12. The zero-order chi connectivity index (χ0) is 10.8. The van der Waals surface area contributed by atoms with Crippen molar-refractivity contribution in [2.24, 2.45) is 0 Å². The highest BCUT2D eigenvalue weighted by Crippen LogP contribution is 2.10. The van der Waals surface area contributed by atoms with E-state index in [4.69, 9.17) is 0 Å². The minimum atomic E-state index is 1.12. The second kappa shape index (κ2) is 9.49.